The highest BCUT2D eigenvalue weighted by Gasteiger charge is 2.25. The van der Waals surface area contributed by atoms with Crippen LogP contribution in [0, 0.1) is 5.92 Å². The van der Waals surface area contributed by atoms with Crippen molar-refractivity contribution >= 4 is 61.4 Å². The Balaban J connectivity index is 1.90. The molecule has 140 valence electrons. The van der Waals surface area contributed by atoms with E-state index in [1.165, 1.54) is 0 Å². The normalized spacial score (nSPS) is 15.3. The van der Waals surface area contributed by atoms with Crippen molar-refractivity contribution in [3.8, 4) is 5.75 Å². The summed E-state index contributed by atoms with van der Waals surface area (Å²) >= 11 is 13.2. The molecule has 7 heteroatoms. The summed E-state index contributed by atoms with van der Waals surface area (Å²) in [5, 5.41) is 0.474. The molecule has 0 aromatic heterocycles. The molecule has 0 bridgehead atoms. The van der Waals surface area contributed by atoms with Crippen LogP contribution in [0.4, 0.5) is 0 Å². The summed E-state index contributed by atoms with van der Waals surface area (Å²) in [4.78, 5) is 16.5. The highest BCUT2D eigenvalue weighted by molar-refractivity contribution is 9.11. The van der Waals surface area contributed by atoms with Crippen LogP contribution in [0.15, 0.2) is 56.0 Å². The quantitative estimate of drug-likeness (QED) is 0.351. The standard InChI is InChI=1S/C20H16Br2ClNO3/c1-11(2)10-26-18-14(21)7-12(8-15(18)22)9-17-20(25)27-19(24-17)13-5-3-4-6-16(13)23/h3-9,11H,10H2,1-2H3/b17-9-. The number of aliphatic imine (C=N–C) groups is 1. The van der Waals surface area contributed by atoms with Crippen LogP contribution in [0.2, 0.25) is 5.02 Å². The van der Waals surface area contributed by atoms with Gasteiger partial charge in [-0.3, -0.25) is 0 Å². The monoisotopic (exact) mass is 511 g/mol. The SMILES string of the molecule is CC(C)COc1c(Br)cc(/C=C2\N=C(c3ccccc3Cl)OC2=O)cc1Br. The lowest BCUT2D eigenvalue weighted by atomic mass is 10.2. The largest absolute Gasteiger partial charge is 0.491 e. The number of ether oxygens (including phenoxy) is 2. The van der Waals surface area contributed by atoms with Crippen LogP contribution in [-0.2, 0) is 9.53 Å². The molecule has 0 fully saturated rings. The van der Waals surface area contributed by atoms with Crippen molar-refractivity contribution in [3.05, 3.63) is 67.2 Å². The molecule has 0 radical (unpaired) electrons. The number of nitrogens with zero attached hydrogens (tertiary/aromatic N) is 1. The van der Waals surface area contributed by atoms with Gasteiger partial charge < -0.3 is 9.47 Å². The first-order chi connectivity index (χ1) is 12.8. The lowest BCUT2D eigenvalue weighted by Gasteiger charge is -2.13. The van der Waals surface area contributed by atoms with Gasteiger partial charge in [0.15, 0.2) is 5.70 Å². The topological polar surface area (TPSA) is 47.9 Å². The zero-order chi connectivity index (χ0) is 19.6. The van der Waals surface area contributed by atoms with Gasteiger partial charge in [-0.05, 0) is 73.7 Å². The Hall–Kier alpha value is -1.63. The molecule has 0 aliphatic carbocycles. The zero-order valence-electron chi connectivity index (χ0n) is 14.6. The third kappa shape index (κ3) is 4.81. The number of carbonyl (C=O) groups is 1. The molecule has 0 atom stereocenters. The summed E-state index contributed by atoms with van der Waals surface area (Å²) in [5.74, 6) is 0.820. The Morgan fingerprint density at radius 3 is 2.52 bits per heavy atom. The molecule has 0 spiro atoms. The van der Waals surface area contributed by atoms with Crippen molar-refractivity contribution in [2.75, 3.05) is 6.61 Å². The maximum Gasteiger partial charge on any atom is 0.363 e. The summed E-state index contributed by atoms with van der Waals surface area (Å²) in [7, 11) is 0. The first kappa shape index (κ1) is 20.1. The second kappa shape index (κ2) is 8.59. The molecule has 2 aromatic rings. The van der Waals surface area contributed by atoms with Gasteiger partial charge in [-0.1, -0.05) is 37.6 Å². The predicted molar refractivity (Wildman–Crippen MR) is 114 cm³/mol. The number of halogens is 3. The van der Waals surface area contributed by atoms with Crippen molar-refractivity contribution in [1.82, 2.24) is 0 Å². The van der Waals surface area contributed by atoms with Gasteiger partial charge in [-0.25, -0.2) is 9.79 Å². The van der Waals surface area contributed by atoms with Gasteiger partial charge >= 0.3 is 5.97 Å². The summed E-state index contributed by atoms with van der Waals surface area (Å²) in [6.45, 7) is 4.78. The lowest BCUT2D eigenvalue weighted by Crippen LogP contribution is -2.06. The fourth-order valence-electron chi connectivity index (χ4n) is 2.37. The van der Waals surface area contributed by atoms with Crippen LogP contribution in [0.25, 0.3) is 6.08 Å². The van der Waals surface area contributed by atoms with E-state index in [1.807, 2.05) is 18.2 Å². The molecule has 1 aliphatic heterocycles. The number of carbonyl (C=O) groups excluding carboxylic acids is 1. The highest BCUT2D eigenvalue weighted by Crippen LogP contribution is 2.36. The van der Waals surface area contributed by atoms with Crippen LogP contribution in [0.3, 0.4) is 0 Å². The van der Waals surface area contributed by atoms with Crippen LogP contribution < -0.4 is 4.74 Å². The van der Waals surface area contributed by atoms with E-state index >= 15 is 0 Å². The summed E-state index contributed by atoms with van der Waals surface area (Å²) in [5.41, 5.74) is 1.57. The van der Waals surface area contributed by atoms with E-state index in [1.54, 1.807) is 24.3 Å². The molecule has 27 heavy (non-hydrogen) atoms. The Morgan fingerprint density at radius 1 is 1.22 bits per heavy atom. The number of hydrogen-bond acceptors (Lipinski definition) is 4. The van der Waals surface area contributed by atoms with E-state index in [2.05, 4.69) is 50.7 Å². The lowest BCUT2D eigenvalue weighted by molar-refractivity contribution is -0.129. The van der Waals surface area contributed by atoms with E-state index < -0.39 is 5.97 Å². The molecule has 3 rings (SSSR count). The van der Waals surface area contributed by atoms with E-state index in [-0.39, 0.29) is 11.6 Å². The van der Waals surface area contributed by atoms with Gasteiger partial charge in [0, 0.05) is 0 Å². The molecule has 0 N–H and O–H groups in total. The van der Waals surface area contributed by atoms with Gasteiger partial charge in [0.05, 0.1) is 26.1 Å². The van der Waals surface area contributed by atoms with Crippen molar-refractivity contribution < 1.29 is 14.3 Å². The maximum absolute atomic E-state index is 12.2. The summed E-state index contributed by atoms with van der Waals surface area (Å²) in [6.07, 6.45) is 1.66. The van der Waals surface area contributed by atoms with Crippen LogP contribution in [0.1, 0.15) is 25.0 Å². The predicted octanol–water partition coefficient (Wildman–Crippen LogP) is 6.24. The molecule has 1 aliphatic rings. The molecular weight excluding hydrogens is 497 g/mol. The number of esters is 1. The number of hydrogen-bond donors (Lipinski definition) is 0. The first-order valence-electron chi connectivity index (χ1n) is 8.24. The number of rotatable bonds is 5. The Morgan fingerprint density at radius 2 is 1.89 bits per heavy atom. The first-order valence-corrected chi connectivity index (χ1v) is 10.2. The second-order valence-corrected chi connectivity index (χ2v) is 8.45. The molecule has 0 saturated carbocycles. The van der Waals surface area contributed by atoms with Crippen molar-refractivity contribution in [1.29, 1.82) is 0 Å². The third-order valence-corrected chi connectivity index (χ3v) is 5.12. The van der Waals surface area contributed by atoms with E-state index in [0.717, 1.165) is 20.3 Å². The highest BCUT2D eigenvalue weighted by atomic mass is 79.9. The smallest absolute Gasteiger partial charge is 0.363 e. The molecule has 0 unspecified atom stereocenters. The van der Waals surface area contributed by atoms with Gasteiger partial charge in [-0.2, -0.15) is 0 Å². The fraction of sp³-hybridized carbons (Fsp3) is 0.200. The minimum Gasteiger partial charge on any atom is -0.491 e. The van der Waals surface area contributed by atoms with E-state index in [4.69, 9.17) is 21.1 Å². The maximum atomic E-state index is 12.2. The molecule has 4 nitrogen and oxygen atoms in total. The Labute approximate surface area is 179 Å². The molecule has 0 saturated heterocycles. The molecule has 1 heterocycles. The van der Waals surface area contributed by atoms with E-state index in [0.29, 0.717) is 23.1 Å². The third-order valence-electron chi connectivity index (χ3n) is 3.61. The van der Waals surface area contributed by atoms with Crippen molar-refractivity contribution in [2.45, 2.75) is 13.8 Å². The average molecular weight is 514 g/mol. The zero-order valence-corrected chi connectivity index (χ0v) is 18.6. The van der Waals surface area contributed by atoms with E-state index in [9.17, 15) is 4.79 Å². The van der Waals surface area contributed by atoms with Crippen molar-refractivity contribution in [3.63, 3.8) is 0 Å². The van der Waals surface area contributed by atoms with Gasteiger partial charge in [0.1, 0.15) is 5.75 Å². The summed E-state index contributed by atoms with van der Waals surface area (Å²) in [6, 6.07) is 10.8. The van der Waals surface area contributed by atoms with Gasteiger partial charge in [0.25, 0.3) is 0 Å². The van der Waals surface area contributed by atoms with Crippen LogP contribution >= 0.6 is 43.5 Å². The average Bonchev–Trinajstić information content (AvgIpc) is 2.94. The van der Waals surface area contributed by atoms with Crippen LogP contribution in [0.5, 0.6) is 5.75 Å². The molecule has 0 amide bonds. The van der Waals surface area contributed by atoms with Gasteiger partial charge in [0.2, 0.25) is 5.90 Å². The Bertz CT molecular complexity index is 931. The van der Waals surface area contributed by atoms with Crippen LogP contribution in [-0.4, -0.2) is 18.5 Å². The second-order valence-electron chi connectivity index (χ2n) is 6.33. The molecular formula is C20H16Br2ClNO3. The number of cyclic esters (lactones) is 1. The Kier molecular flexibility index (Phi) is 6.40. The minimum atomic E-state index is -0.516. The van der Waals surface area contributed by atoms with Crippen molar-refractivity contribution in [2.24, 2.45) is 10.9 Å². The fourth-order valence-corrected chi connectivity index (χ4v) is 4.03. The van der Waals surface area contributed by atoms with Gasteiger partial charge in [-0.15, -0.1) is 0 Å². The molecule has 2 aromatic carbocycles. The summed E-state index contributed by atoms with van der Waals surface area (Å²) < 4.78 is 12.7. The number of benzene rings is 2. The minimum absolute atomic E-state index is 0.201.